The highest BCUT2D eigenvalue weighted by Crippen LogP contribution is 2.77. The van der Waals surface area contributed by atoms with Gasteiger partial charge >= 0.3 is 5.63 Å². The van der Waals surface area contributed by atoms with Crippen molar-refractivity contribution in [1.29, 1.82) is 0 Å². The number of fused-ring (bicyclic) bond motifs is 3. The Bertz CT molecular complexity index is 842. The summed E-state index contributed by atoms with van der Waals surface area (Å²) in [5.74, 6) is 2.48. The number of aliphatic hydroxyl groups excluding tert-OH is 1. The van der Waals surface area contributed by atoms with Gasteiger partial charge in [0.15, 0.2) is 0 Å². The predicted molar refractivity (Wildman–Crippen MR) is 105 cm³/mol. The van der Waals surface area contributed by atoms with Crippen molar-refractivity contribution in [3.05, 3.63) is 34.4 Å². The van der Waals surface area contributed by atoms with E-state index >= 15 is 0 Å². The average Bonchev–Trinajstić information content (AvgIpc) is 3.33. The first-order chi connectivity index (χ1) is 13.4. The zero-order valence-corrected chi connectivity index (χ0v) is 17.0. The van der Waals surface area contributed by atoms with Gasteiger partial charge in [0.2, 0.25) is 0 Å². The minimum Gasteiger partial charge on any atom is -0.431 e. The van der Waals surface area contributed by atoms with Crippen molar-refractivity contribution in [3.63, 3.8) is 0 Å². The van der Waals surface area contributed by atoms with Crippen molar-refractivity contribution in [2.75, 3.05) is 0 Å². The van der Waals surface area contributed by atoms with E-state index in [2.05, 4.69) is 13.8 Å². The standard InChI is InChI=1S/C24H32O4/c1-22-9-7-16(25)11-15(22)4-5-18-17(22)8-10-23(2)19(12-20-24(18,23)28-20)14-3-6-21(26)27-13-14/h3,6,13,15-20,25H,4-5,7-12H2,1-2H3/t15-,16+,17+,18-,19-,20-,22+,23-,24-/m0/s1. The van der Waals surface area contributed by atoms with Crippen molar-refractivity contribution >= 4 is 0 Å². The SMILES string of the molecule is C[C@@]12CC[C@@H](O)C[C@@H]1CC[C@H]1[C@H]2CC[C@@]2(C)[C@H](c3ccc(=O)oc3)C[C@@H]3O[C@]312. The predicted octanol–water partition coefficient (Wildman–Crippen LogP) is 4.26. The molecule has 1 aliphatic heterocycles. The summed E-state index contributed by atoms with van der Waals surface area (Å²) in [5, 5.41) is 10.2. The van der Waals surface area contributed by atoms with Gasteiger partial charge in [0.1, 0.15) is 5.60 Å². The Kier molecular flexibility index (Phi) is 3.49. The Hall–Kier alpha value is -1.13. The van der Waals surface area contributed by atoms with Gasteiger partial charge in [0.25, 0.3) is 0 Å². The zero-order valence-electron chi connectivity index (χ0n) is 17.0. The van der Waals surface area contributed by atoms with Gasteiger partial charge < -0.3 is 14.3 Å². The maximum atomic E-state index is 11.4. The third-order valence-corrected chi connectivity index (χ3v) is 10.2. The van der Waals surface area contributed by atoms with E-state index in [4.69, 9.17) is 9.15 Å². The Morgan fingerprint density at radius 2 is 1.89 bits per heavy atom. The lowest BCUT2D eigenvalue weighted by Gasteiger charge is -2.61. The number of hydrogen-bond donors (Lipinski definition) is 1. The minimum absolute atomic E-state index is 0.0285. The van der Waals surface area contributed by atoms with E-state index in [0.717, 1.165) is 25.2 Å². The van der Waals surface area contributed by atoms with Crippen LogP contribution in [0, 0.1) is 28.6 Å². The van der Waals surface area contributed by atoms with Gasteiger partial charge in [-0.25, -0.2) is 4.79 Å². The van der Waals surface area contributed by atoms with Crippen LogP contribution >= 0.6 is 0 Å². The molecule has 0 unspecified atom stereocenters. The first-order valence-electron chi connectivity index (χ1n) is 11.3. The Morgan fingerprint density at radius 1 is 1.04 bits per heavy atom. The molecule has 9 atom stereocenters. The number of hydrogen-bond acceptors (Lipinski definition) is 4. The van der Waals surface area contributed by atoms with Gasteiger partial charge in [-0.2, -0.15) is 0 Å². The van der Waals surface area contributed by atoms with Crippen LogP contribution in [-0.2, 0) is 4.74 Å². The first-order valence-corrected chi connectivity index (χ1v) is 11.3. The summed E-state index contributed by atoms with van der Waals surface area (Å²) in [5.41, 5.74) is 1.44. The van der Waals surface area contributed by atoms with E-state index < -0.39 is 0 Å². The van der Waals surface area contributed by atoms with E-state index in [-0.39, 0.29) is 22.7 Å². The van der Waals surface area contributed by atoms with Crippen molar-refractivity contribution in [3.8, 4) is 0 Å². The van der Waals surface area contributed by atoms with Gasteiger partial charge in [-0.1, -0.05) is 13.8 Å². The van der Waals surface area contributed by atoms with Gasteiger partial charge in [-0.15, -0.1) is 0 Å². The molecule has 1 aromatic heterocycles. The molecule has 0 amide bonds. The smallest absolute Gasteiger partial charge is 0.335 e. The van der Waals surface area contributed by atoms with Crippen LogP contribution in [0.25, 0.3) is 0 Å². The molecule has 6 rings (SSSR count). The van der Waals surface area contributed by atoms with Gasteiger partial charge in [-0.3, -0.25) is 0 Å². The second-order valence-electron chi connectivity index (χ2n) is 11.0. The molecule has 2 heterocycles. The molecule has 0 radical (unpaired) electrons. The molecule has 4 nitrogen and oxygen atoms in total. The lowest BCUT2D eigenvalue weighted by atomic mass is 9.44. The van der Waals surface area contributed by atoms with Gasteiger partial charge in [0.05, 0.1) is 18.5 Å². The number of epoxide rings is 1. The van der Waals surface area contributed by atoms with Crippen molar-refractivity contribution in [1.82, 2.24) is 0 Å². The molecule has 1 saturated heterocycles. The van der Waals surface area contributed by atoms with E-state index in [1.807, 2.05) is 6.07 Å². The normalized spacial score (nSPS) is 54.2. The summed E-state index contributed by atoms with van der Waals surface area (Å²) in [4.78, 5) is 11.4. The van der Waals surface area contributed by atoms with Crippen LogP contribution in [0.2, 0.25) is 0 Å². The molecule has 4 saturated carbocycles. The molecule has 152 valence electrons. The molecular weight excluding hydrogens is 352 g/mol. The molecule has 0 aromatic carbocycles. The number of ether oxygens (including phenoxy) is 1. The molecule has 1 N–H and O–H groups in total. The summed E-state index contributed by atoms with van der Waals surface area (Å²) in [6.07, 6.45) is 11.1. The van der Waals surface area contributed by atoms with Gasteiger partial charge in [0, 0.05) is 11.5 Å². The summed E-state index contributed by atoms with van der Waals surface area (Å²) < 4.78 is 11.8. The topological polar surface area (TPSA) is 63.0 Å². The molecule has 0 bridgehead atoms. The van der Waals surface area contributed by atoms with Crippen LogP contribution in [0.1, 0.15) is 76.7 Å². The van der Waals surface area contributed by atoms with Crippen LogP contribution in [-0.4, -0.2) is 22.9 Å². The third-order valence-electron chi connectivity index (χ3n) is 10.2. The van der Waals surface area contributed by atoms with E-state index in [1.54, 1.807) is 12.3 Å². The highest BCUT2D eigenvalue weighted by molar-refractivity contribution is 5.35. The molecule has 4 aliphatic carbocycles. The minimum atomic E-state index is -0.266. The molecule has 5 aliphatic rings. The fourth-order valence-corrected chi connectivity index (χ4v) is 8.74. The molecule has 4 heteroatoms. The number of rotatable bonds is 1. The molecular formula is C24H32O4. The average molecular weight is 385 g/mol. The van der Waals surface area contributed by atoms with Crippen LogP contribution in [0.15, 0.2) is 27.6 Å². The first kappa shape index (κ1) is 17.7. The fraction of sp³-hybridized carbons (Fsp3) is 0.792. The van der Waals surface area contributed by atoms with Crippen molar-refractivity contribution < 1.29 is 14.3 Å². The summed E-state index contributed by atoms with van der Waals surface area (Å²) in [6.45, 7) is 4.97. The Morgan fingerprint density at radius 3 is 2.68 bits per heavy atom. The Labute approximate surface area is 166 Å². The molecule has 28 heavy (non-hydrogen) atoms. The van der Waals surface area contributed by atoms with Crippen LogP contribution in [0.4, 0.5) is 0 Å². The van der Waals surface area contributed by atoms with Crippen LogP contribution in [0.5, 0.6) is 0 Å². The van der Waals surface area contributed by atoms with E-state index in [9.17, 15) is 9.90 Å². The van der Waals surface area contributed by atoms with Gasteiger partial charge in [-0.05, 0) is 92.1 Å². The quantitative estimate of drug-likeness (QED) is 0.735. The highest BCUT2D eigenvalue weighted by Gasteiger charge is 2.80. The Balaban J connectivity index is 1.36. The second-order valence-corrected chi connectivity index (χ2v) is 11.0. The van der Waals surface area contributed by atoms with E-state index in [0.29, 0.717) is 29.3 Å². The lowest BCUT2D eigenvalue weighted by molar-refractivity contribution is -0.139. The monoisotopic (exact) mass is 384 g/mol. The van der Waals surface area contributed by atoms with Crippen LogP contribution < -0.4 is 5.63 Å². The van der Waals surface area contributed by atoms with E-state index in [1.165, 1.54) is 37.7 Å². The number of aliphatic hydroxyl groups is 1. The summed E-state index contributed by atoms with van der Waals surface area (Å²) >= 11 is 0. The zero-order chi connectivity index (χ0) is 19.3. The largest absolute Gasteiger partial charge is 0.431 e. The summed E-state index contributed by atoms with van der Waals surface area (Å²) in [7, 11) is 0. The molecule has 1 aromatic rings. The third kappa shape index (κ3) is 2.01. The maximum absolute atomic E-state index is 11.4. The van der Waals surface area contributed by atoms with Crippen molar-refractivity contribution in [2.45, 2.75) is 88.9 Å². The lowest BCUT2D eigenvalue weighted by Crippen LogP contribution is -2.58. The fourth-order valence-electron chi connectivity index (χ4n) is 8.74. The maximum Gasteiger partial charge on any atom is 0.335 e. The molecule has 1 spiro atoms. The molecule has 5 fully saturated rings. The summed E-state index contributed by atoms with van der Waals surface area (Å²) in [6, 6.07) is 3.55. The van der Waals surface area contributed by atoms with Crippen molar-refractivity contribution in [2.24, 2.45) is 28.6 Å². The highest BCUT2D eigenvalue weighted by atomic mass is 16.6. The second kappa shape index (κ2) is 5.51. The van der Waals surface area contributed by atoms with Crippen LogP contribution in [0.3, 0.4) is 0 Å².